The van der Waals surface area contributed by atoms with Crippen molar-refractivity contribution in [2.75, 3.05) is 24.6 Å². The highest BCUT2D eigenvalue weighted by atomic mass is 19.1. The summed E-state index contributed by atoms with van der Waals surface area (Å²) in [4.78, 5) is 31.6. The molecule has 1 aliphatic heterocycles. The number of anilines is 1. The number of aromatic nitrogens is 6. The van der Waals surface area contributed by atoms with Crippen molar-refractivity contribution in [1.82, 2.24) is 29.1 Å². The topological polar surface area (TPSA) is 114 Å². The number of H-pyrrole nitrogens is 1. The molecular formula is C25H23F2N7O3. The van der Waals surface area contributed by atoms with Crippen molar-refractivity contribution in [2.45, 2.75) is 26.0 Å². The Hall–Kier alpha value is -4.32. The molecule has 4 heterocycles. The highest BCUT2D eigenvalue weighted by Crippen LogP contribution is 2.33. The molecule has 37 heavy (non-hydrogen) atoms. The molecule has 0 bridgehead atoms. The number of rotatable bonds is 6. The highest BCUT2D eigenvalue weighted by Gasteiger charge is 2.31. The van der Waals surface area contributed by atoms with E-state index in [0.29, 0.717) is 41.0 Å². The molecule has 6 rings (SSSR count). The molecule has 2 N–H and O–H groups in total. The van der Waals surface area contributed by atoms with Gasteiger partial charge in [0.05, 0.1) is 29.8 Å². The van der Waals surface area contributed by atoms with Crippen molar-refractivity contribution >= 4 is 28.0 Å². The van der Waals surface area contributed by atoms with Gasteiger partial charge in [0.25, 0.3) is 0 Å². The van der Waals surface area contributed by atoms with E-state index in [1.165, 1.54) is 33.7 Å². The first-order valence-corrected chi connectivity index (χ1v) is 11.8. The molecule has 0 aliphatic carbocycles. The number of aromatic amines is 1. The molecule has 1 aliphatic rings. The van der Waals surface area contributed by atoms with Crippen LogP contribution in [0.5, 0.6) is 5.75 Å². The molecule has 0 saturated carbocycles. The van der Waals surface area contributed by atoms with Gasteiger partial charge in [-0.25, -0.2) is 18.6 Å². The second kappa shape index (κ2) is 8.66. The fourth-order valence-corrected chi connectivity index (χ4v) is 4.73. The van der Waals surface area contributed by atoms with E-state index in [1.54, 1.807) is 32.0 Å². The van der Waals surface area contributed by atoms with Crippen LogP contribution in [0, 0.1) is 11.6 Å². The maximum atomic E-state index is 14.6. The lowest BCUT2D eigenvalue weighted by atomic mass is 10.1. The maximum absolute atomic E-state index is 14.6. The number of halogens is 2. The number of β-amino-alcohol motifs (C(OH)–C–C–N with tert-alkyl or cyclic N) is 1. The largest absolute Gasteiger partial charge is 0.490 e. The first-order chi connectivity index (χ1) is 17.9. The first-order valence-electron chi connectivity index (χ1n) is 11.8. The Kier molecular flexibility index (Phi) is 5.41. The molecule has 0 radical (unpaired) electrons. The Morgan fingerprint density at radius 2 is 2.03 bits per heavy atom. The lowest BCUT2D eigenvalue weighted by molar-refractivity contribution is 0.141. The van der Waals surface area contributed by atoms with Crippen molar-refractivity contribution in [2.24, 2.45) is 0 Å². The molecule has 1 unspecified atom stereocenters. The molecule has 5 aromatic rings. The molecule has 190 valence electrons. The minimum absolute atomic E-state index is 0.0650. The van der Waals surface area contributed by atoms with Crippen LogP contribution in [0.3, 0.4) is 0 Å². The van der Waals surface area contributed by atoms with E-state index in [0.717, 1.165) is 0 Å². The van der Waals surface area contributed by atoms with Gasteiger partial charge in [-0.1, -0.05) is 12.1 Å². The zero-order chi connectivity index (χ0) is 25.8. The van der Waals surface area contributed by atoms with Crippen molar-refractivity contribution < 1.29 is 18.6 Å². The third-order valence-electron chi connectivity index (χ3n) is 6.55. The van der Waals surface area contributed by atoms with E-state index in [-0.39, 0.29) is 24.0 Å². The minimum Gasteiger partial charge on any atom is -0.490 e. The summed E-state index contributed by atoms with van der Waals surface area (Å²) in [6, 6.07) is 8.10. The summed E-state index contributed by atoms with van der Waals surface area (Å²) in [5.74, 6) is -0.327. The van der Waals surface area contributed by atoms with Crippen molar-refractivity contribution in [3.8, 4) is 11.7 Å². The third kappa shape index (κ3) is 3.71. The van der Waals surface area contributed by atoms with Gasteiger partial charge in [-0.3, -0.25) is 9.13 Å². The summed E-state index contributed by atoms with van der Waals surface area (Å²) in [5, 5.41) is 9.91. The van der Waals surface area contributed by atoms with Crippen LogP contribution in [0.1, 0.15) is 25.5 Å². The number of para-hydroxylation sites is 1. The van der Waals surface area contributed by atoms with E-state index < -0.39 is 29.5 Å². The number of fused-ring (bicyclic) bond motifs is 2. The summed E-state index contributed by atoms with van der Waals surface area (Å²) in [7, 11) is 0. The summed E-state index contributed by atoms with van der Waals surface area (Å²) in [5.41, 5.74) is 1.65. The predicted molar refractivity (Wildman–Crippen MR) is 132 cm³/mol. The van der Waals surface area contributed by atoms with E-state index in [4.69, 9.17) is 4.74 Å². The number of benzene rings is 2. The second-order valence-electron chi connectivity index (χ2n) is 8.92. The third-order valence-corrected chi connectivity index (χ3v) is 6.55. The number of imidazole rings is 2. The summed E-state index contributed by atoms with van der Waals surface area (Å²) in [6.07, 6.45) is 0.962. The molecule has 0 amide bonds. The predicted octanol–water partition coefficient (Wildman–Crippen LogP) is 2.93. The summed E-state index contributed by atoms with van der Waals surface area (Å²) in [6.45, 7) is 4.41. The normalized spacial score (nSPS) is 14.9. The summed E-state index contributed by atoms with van der Waals surface area (Å²) >= 11 is 0. The Labute approximate surface area is 208 Å². The van der Waals surface area contributed by atoms with Crippen LogP contribution >= 0.6 is 0 Å². The quantitative estimate of drug-likeness (QED) is 0.363. The average molecular weight is 508 g/mol. The van der Waals surface area contributed by atoms with E-state index >= 15 is 0 Å². The van der Waals surface area contributed by atoms with Gasteiger partial charge in [-0.15, -0.1) is 0 Å². The number of aliphatic hydroxyl groups is 1. The molecule has 3 aromatic heterocycles. The van der Waals surface area contributed by atoms with Crippen LogP contribution in [-0.2, 0) is 0 Å². The number of nitrogens with one attached hydrogen (secondary N) is 1. The molecule has 2 aromatic carbocycles. The van der Waals surface area contributed by atoms with E-state index in [1.807, 2.05) is 4.90 Å². The molecule has 0 spiro atoms. The lowest BCUT2D eigenvalue weighted by Gasteiger charge is -2.37. The monoisotopic (exact) mass is 507 g/mol. The second-order valence-corrected chi connectivity index (χ2v) is 8.92. The first kappa shape index (κ1) is 23.1. The number of nitrogens with zero attached hydrogens (tertiary/aromatic N) is 6. The van der Waals surface area contributed by atoms with Crippen molar-refractivity contribution in [3.05, 3.63) is 70.4 Å². The Bertz CT molecular complexity index is 1700. The number of ether oxygens (including phenoxy) is 1. The Balaban J connectivity index is 1.59. The van der Waals surface area contributed by atoms with Gasteiger partial charge < -0.3 is 19.7 Å². The fraction of sp³-hybridized carbons (Fsp3) is 0.280. The summed E-state index contributed by atoms with van der Waals surface area (Å²) < 4.78 is 37.2. The molecule has 10 nitrogen and oxygen atoms in total. The van der Waals surface area contributed by atoms with Gasteiger partial charge in [0.2, 0.25) is 5.95 Å². The minimum atomic E-state index is -0.659. The average Bonchev–Trinajstić information content (AvgIpc) is 3.42. The number of aliphatic hydroxyl groups excluding tert-OH is 1. The fourth-order valence-electron chi connectivity index (χ4n) is 4.73. The molecule has 1 fully saturated rings. The van der Waals surface area contributed by atoms with Crippen LogP contribution in [0.4, 0.5) is 14.6 Å². The van der Waals surface area contributed by atoms with Gasteiger partial charge in [0.15, 0.2) is 23.0 Å². The van der Waals surface area contributed by atoms with Gasteiger partial charge in [0, 0.05) is 24.7 Å². The van der Waals surface area contributed by atoms with Gasteiger partial charge in [0.1, 0.15) is 17.7 Å². The van der Waals surface area contributed by atoms with Crippen LogP contribution in [0.15, 0.2) is 47.5 Å². The molecular weight excluding hydrogens is 484 g/mol. The molecule has 1 atom stereocenters. The molecule has 12 heteroatoms. The smallest absolute Gasteiger partial charge is 0.328 e. The van der Waals surface area contributed by atoms with Crippen LogP contribution in [-0.4, -0.2) is 60.0 Å². The zero-order valence-electron chi connectivity index (χ0n) is 20.0. The number of hydrogen-bond donors (Lipinski definition) is 2. The van der Waals surface area contributed by atoms with Crippen molar-refractivity contribution in [3.63, 3.8) is 0 Å². The van der Waals surface area contributed by atoms with Gasteiger partial charge >= 0.3 is 5.69 Å². The van der Waals surface area contributed by atoms with E-state index in [2.05, 4.69) is 19.9 Å². The van der Waals surface area contributed by atoms with Crippen LogP contribution < -0.4 is 15.3 Å². The Morgan fingerprint density at radius 3 is 2.78 bits per heavy atom. The SMILES string of the molecule is CCOc1c(F)cccc1C(C)n1c(=O)[nH]c2c(N3CC(O)C3)nc(-n3cnc4ccc(F)cc43)nc21. The lowest BCUT2D eigenvalue weighted by Crippen LogP contribution is -2.51. The van der Waals surface area contributed by atoms with Crippen LogP contribution in [0.2, 0.25) is 0 Å². The van der Waals surface area contributed by atoms with E-state index in [9.17, 15) is 18.7 Å². The zero-order valence-corrected chi connectivity index (χ0v) is 20.0. The molecule has 1 saturated heterocycles. The van der Waals surface area contributed by atoms with Crippen LogP contribution in [0.25, 0.3) is 28.1 Å². The Morgan fingerprint density at radius 1 is 1.22 bits per heavy atom. The highest BCUT2D eigenvalue weighted by molar-refractivity contribution is 5.86. The number of hydrogen-bond acceptors (Lipinski definition) is 7. The van der Waals surface area contributed by atoms with Gasteiger partial charge in [-0.2, -0.15) is 9.97 Å². The standard InChI is InChI=1S/C25H23F2N7O3/c1-3-37-21-16(5-4-6-17(21)27)13(2)34-23-20(29-25(34)36)22(32-10-15(35)11-32)30-24(31-23)33-12-28-18-8-7-14(26)9-19(18)33/h4-9,12-13,15,35H,3,10-11H2,1-2H3,(H,29,36). The maximum Gasteiger partial charge on any atom is 0.328 e. The van der Waals surface area contributed by atoms with Gasteiger partial charge in [-0.05, 0) is 32.0 Å². The van der Waals surface area contributed by atoms with Crippen molar-refractivity contribution in [1.29, 1.82) is 0 Å².